The molecule has 0 spiro atoms. The Morgan fingerprint density at radius 1 is 1.67 bits per heavy atom. The minimum Gasteiger partial charge on any atom is -0.376 e. The Morgan fingerprint density at radius 2 is 2.25 bits per heavy atom. The van der Waals surface area contributed by atoms with Gasteiger partial charge in [0.15, 0.2) is 5.11 Å². The molecule has 0 heterocycles. The van der Waals surface area contributed by atoms with E-state index in [0.29, 0.717) is 6.04 Å². The summed E-state index contributed by atoms with van der Waals surface area (Å²) in [6.07, 6.45) is 2.18. The summed E-state index contributed by atoms with van der Waals surface area (Å²) in [5.74, 6) is -0.0368. The van der Waals surface area contributed by atoms with E-state index in [-0.39, 0.29) is 17.1 Å². The lowest BCUT2D eigenvalue weighted by molar-refractivity contribution is -0.122. The van der Waals surface area contributed by atoms with Gasteiger partial charge in [-0.05, 0) is 32.0 Å². The average Bonchev–Trinajstić information content (AvgIpc) is 2.70. The minimum absolute atomic E-state index is 0.0368. The molecule has 1 unspecified atom stereocenters. The maximum atomic E-state index is 11.2. The lowest BCUT2D eigenvalue weighted by Gasteiger charge is -2.12. The van der Waals surface area contributed by atoms with Crippen LogP contribution in [0.1, 0.15) is 19.8 Å². The van der Waals surface area contributed by atoms with Crippen LogP contribution in [-0.2, 0) is 4.79 Å². The Hall–Kier alpha value is -0.840. The van der Waals surface area contributed by atoms with Gasteiger partial charge in [0, 0.05) is 6.04 Å². The lowest BCUT2D eigenvalue weighted by Crippen LogP contribution is -2.47. The predicted molar refractivity (Wildman–Crippen MR) is 50.5 cm³/mol. The molecule has 1 rings (SSSR count). The third-order valence-electron chi connectivity index (χ3n) is 1.68. The quantitative estimate of drug-likeness (QED) is 0.520. The summed E-state index contributed by atoms with van der Waals surface area (Å²) in [7, 11) is 0. The predicted octanol–water partition coefficient (Wildman–Crippen LogP) is -0.513. The second-order valence-electron chi connectivity index (χ2n) is 3.01. The molecule has 1 saturated carbocycles. The zero-order chi connectivity index (χ0) is 9.14. The Morgan fingerprint density at radius 3 is 2.67 bits per heavy atom. The molecule has 0 aromatic carbocycles. The van der Waals surface area contributed by atoms with Crippen molar-refractivity contribution in [1.82, 2.24) is 10.6 Å². The highest BCUT2D eigenvalue weighted by Crippen LogP contribution is 2.18. The molecule has 5 heteroatoms. The summed E-state index contributed by atoms with van der Waals surface area (Å²) in [6, 6.07) is 0.0520. The molecule has 0 aromatic rings. The van der Waals surface area contributed by atoms with Gasteiger partial charge in [0.1, 0.15) is 6.04 Å². The molecule has 1 aliphatic rings. The Bertz CT molecular complexity index is 203. The first-order chi connectivity index (χ1) is 5.59. The van der Waals surface area contributed by atoms with E-state index in [1.807, 2.05) is 0 Å². The van der Waals surface area contributed by atoms with Crippen LogP contribution < -0.4 is 16.4 Å². The van der Waals surface area contributed by atoms with Gasteiger partial charge in [-0.3, -0.25) is 4.79 Å². The Labute approximate surface area is 76.9 Å². The van der Waals surface area contributed by atoms with Gasteiger partial charge in [-0.15, -0.1) is 0 Å². The van der Waals surface area contributed by atoms with Crippen LogP contribution in [0.15, 0.2) is 0 Å². The molecule has 1 fully saturated rings. The maximum absolute atomic E-state index is 11.2. The smallest absolute Gasteiger partial charge is 0.242 e. The van der Waals surface area contributed by atoms with Crippen molar-refractivity contribution < 1.29 is 4.79 Å². The van der Waals surface area contributed by atoms with Crippen LogP contribution in [0.4, 0.5) is 0 Å². The zero-order valence-corrected chi connectivity index (χ0v) is 7.78. The molecular formula is C7H13N3OS. The van der Waals surface area contributed by atoms with Crippen molar-refractivity contribution in [1.29, 1.82) is 0 Å². The van der Waals surface area contributed by atoms with Crippen LogP contribution >= 0.6 is 12.2 Å². The Kier molecular flexibility index (Phi) is 2.86. The number of hydrogen-bond acceptors (Lipinski definition) is 2. The molecule has 1 aliphatic carbocycles. The highest BCUT2D eigenvalue weighted by atomic mass is 32.1. The first kappa shape index (κ1) is 9.25. The SMILES string of the molecule is CC(NC(N)=S)C(=O)NC1CC1. The van der Waals surface area contributed by atoms with Gasteiger partial charge in [0.05, 0.1) is 0 Å². The molecule has 0 saturated heterocycles. The third-order valence-corrected chi connectivity index (χ3v) is 1.79. The number of rotatable bonds is 3. The molecule has 1 amide bonds. The fourth-order valence-electron chi connectivity index (χ4n) is 0.833. The van der Waals surface area contributed by atoms with Crippen LogP contribution in [0.3, 0.4) is 0 Å². The standard InChI is InChI=1S/C7H13N3OS/c1-4(9-7(8)12)6(11)10-5-2-3-5/h4-5H,2-3H2,1H3,(H,10,11)(H3,8,9,12). The zero-order valence-electron chi connectivity index (χ0n) is 6.96. The fourth-order valence-corrected chi connectivity index (χ4v) is 1.01. The van der Waals surface area contributed by atoms with Crippen LogP contribution in [0.2, 0.25) is 0 Å². The normalized spacial score (nSPS) is 18.1. The van der Waals surface area contributed by atoms with Crippen molar-refractivity contribution in [2.75, 3.05) is 0 Å². The lowest BCUT2D eigenvalue weighted by atomic mass is 10.3. The second kappa shape index (κ2) is 3.71. The van der Waals surface area contributed by atoms with Crippen LogP contribution in [0.25, 0.3) is 0 Å². The van der Waals surface area contributed by atoms with Gasteiger partial charge >= 0.3 is 0 Å². The summed E-state index contributed by atoms with van der Waals surface area (Å²) in [6.45, 7) is 1.73. The molecule has 12 heavy (non-hydrogen) atoms. The highest BCUT2D eigenvalue weighted by molar-refractivity contribution is 7.80. The van der Waals surface area contributed by atoms with E-state index in [1.165, 1.54) is 0 Å². The minimum atomic E-state index is -0.330. The second-order valence-corrected chi connectivity index (χ2v) is 3.45. The molecule has 4 nitrogen and oxygen atoms in total. The van der Waals surface area contributed by atoms with Gasteiger partial charge in [-0.25, -0.2) is 0 Å². The van der Waals surface area contributed by atoms with Crippen molar-refractivity contribution >= 4 is 23.2 Å². The van der Waals surface area contributed by atoms with Gasteiger partial charge in [-0.1, -0.05) is 0 Å². The molecule has 1 atom stereocenters. The number of carbonyl (C=O) groups excluding carboxylic acids is 1. The van der Waals surface area contributed by atoms with Crippen molar-refractivity contribution in [3.63, 3.8) is 0 Å². The van der Waals surface area contributed by atoms with Gasteiger partial charge in [0.25, 0.3) is 0 Å². The van der Waals surface area contributed by atoms with E-state index in [1.54, 1.807) is 6.92 Å². The van der Waals surface area contributed by atoms with Gasteiger partial charge in [0.2, 0.25) is 5.91 Å². The highest BCUT2D eigenvalue weighted by Gasteiger charge is 2.25. The molecule has 68 valence electrons. The topological polar surface area (TPSA) is 67.1 Å². The number of amides is 1. The largest absolute Gasteiger partial charge is 0.376 e. The molecule has 0 bridgehead atoms. The van der Waals surface area contributed by atoms with E-state index in [9.17, 15) is 4.79 Å². The fraction of sp³-hybridized carbons (Fsp3) is 0.714. The van der Waals surface area contributed by atoms with Gasteiger partial charge in [-0.2, -0.15) is 0 Å². The van der Waals surface area contributed by atoms with E-state index in [0.717, 1.165) is 12.8 Å². The number of nitrogens with one attached hydrogen (secondary N) is 2. The summed E-state index contributed by atoms with van der Waals surface area (Å²) < 4.78 is 0. The van der Waals surface area contributed by atoms with Crippen molar-refractivity contribution in [3.8, 4) is 0 Å². The van der Waals surface area contributed by atoms with E-state index in [2.05, 4.69) is 22.9 Å². The molecule has 0 radical (unpaired) electrons. The number of hydrogen-bond donors (Lipinski definition) is 3. The first-order valence-corrected chi connectivity index (χ1v) is 4.37. The third kappa shape index (κ3) is 3.04. The van der Waals surface area contributed by atoms with Gasteiger partial charge < -0.3 is 16.4 Å². The number of carbonyl (C=O) groups is 1. The summed E-state index contributed by atoms with van der Waals surface area (Å²) in [5, 5.41) is 5.68. The van der Waals surface area contributed by atoms with E-state index >= 15 is 0 Å². The molecule has 0 aliphatic heterocycles. The molecule has 4 N–H and O–H groups in total. The summed E-state index contributed by atoms with van der Waals surface area (Å²) in [5.41, 5.74) is 5.22. The van der Waals surface area contributed by atoms with Crippen molar-refractivity contribution in [2.24, 2.45) is 5.73 Å². The van der Waals surface area contributed by atoms with Crippen LogP contribution in [-0.4, -0.2) is 23.1 Å². The van der Waals surface area contributed by atoms with Crippen LogP contribution in [0.5, 0.6) is 0 Å². The van der Waals surface area contributed by atoms with E-state index in [4.69, 9.17) is 5.73 Å². The van der Waals surface area contributed by atoms with Crippen LogP contribution in [0, 0.1) is 0 Å². The average molecular weight is 187 g/mol. The number of thiocarbonyl (C=S) groups is 1. The van der Waals surface area contributed by atoms with E-state index < -0.39 is 0 Å². The summed E-state index contributed by atoms with van der Waals surface area (Å²) >= 11 is 4.61. The number of nitrogens with two attached hydrogens (primary N) is 1. The monoisotopic (exact) mass is 187 g/mol. The Balaban J connectivity index is 2.24. The molecule has 0 aromatic heterocycles. The maximum Gasteiger partial charge on any atom is 0.242 e. The summed E-state index contributed by atoms with van der Waals surface area (Å²) in [4.78, 5) is 11.2. The van der Waals surface area contributed by atoms with Crippen molar-refractivity contribution in [2.45, 2.75) is 31.8 Å². The van der Waals surface area contributed by atoms with Crippen molar-refractivity contribution in [3.05, 3.63) is 0 Å². The first-order valence-electron chi connectivity index (χ1n) is 3.96. The molecular weight excluding hydrogens is 174 g/mol.